The van der Waals surface area contributed by atoms with Crippen LogP contribution in [0.1, 0.15) is 25.7 Å². The van der Waals surface area contributed by atoms with E-state index in [-0.39, 0.29) is 5.91 Å². The Kier molecular flexibility index (Phi) is 9.37. The Hall–Kier alpha value is -2.16. The lowest BCUT2D eigenvalue weighted by Gasteiger charge is -2.32. The van der Waals surface area contributed by atoms with Crippen LogP contribution in [0.5, 0.6) is 0 Å². The maximum Gasteiger partial charge on any atom is 0.265 e. The summed E-state index contributed by atoms with van der Waals surface area (Å²) in [6.07, 6.45) is 5.69. The second-order valence-electron chi connectivity index (χ2n) is 5.52. The van der Waals surface area contributed by atoms with Crippen molar-refractivity contribution < 1.29 is 20.0 Å². The molecule has 1 aliphatic heterocycles. The fourth-order valence-corrected chi connectivity index (χ4v) is 2.70. The highest BCUT2D eigenvalue weighted by molar-refractivity contribution is 6.26. The van der Waals surface area contributed by atoms with Gasteiger partial charge >= 0.3 is 0 Å². The molecular weight excluding hydrogens is 302 g/mol. The van der Waals surface area contributed by atoms with E-state index >= 15 is 0 Å². The molecule has 130 valence electrons. The maximum atomic E-state index is 11.1. The lowest BCUT2D eigenvalue weighted by atomic mass is 9.94. The third-order valence-electron chi connectivity index (χ3n) is 3.76. The molecule has 1 saturated heterocycles. The van der Waals surface area contributed by atoms with Crippen molar-refractivity contribution in [1.82, 2.24) is 15.5 Å². The van der Waals surface area contributed by atoms with E-state index in [2.05, 4.69) is 25.8 Å². The summed E-state index contributed by atoms with van der Waals surface area (Å²) in [4.78, 5) is 24.6. The molecular formula is C14H25N5O4. The van der Waals surface area contributed by atoms with Crippen molar-refractivity contribution in [3.63, 3.8) is 0 Å². The number of rotatable bonds is 9. The monoisotopic (exact) mass is 327 g/mol. The van der Waals surface area contributed by atoms with Gasteiger partial charge in [0.15, 0.2) is 0 Å². The first-order valence-corrected chi connectivity index (χ1v) is 7.78. The van der Waals surface area contributed by atoms with Crippen molar-refractivity contribution in [2.45, 2.75) is 25.7 Å². The zero-order valence-corrected chi connectivity index (χ0v) is 13.1. The van der Waals surface area contributed by atoms with Gasteiger partial charge in [0.25, 0.3) is 11.8 Å². The molecule has 0 aromatic rings. The van der Waals surface area contributed by atoms with Crippen molar-refractivity contribution in [3.05, 3.63) is 0 Å². The lowest BCUT2D eigenvalue weighted by molar-refractivity contribution is -0.115. The van der Waals surface area contributed by atoms with Gasteiger partial charge in [-0.25, -0.2) is 0 Å². The van der Waals surface area contributed by atoms with Crippen molar-refractivity contribution >= 4 is 24.2 Å². The van der Waals surface area contributed by atoms with Crippen LogP contribution in [0, 0.1) is 5.92 Å². The van der Waals surface area contributed by atoms with E-state index in [0.29, 0.717) is 19.0 Å². The van der Waals surface area contributed by atoms with Crippen molar-refractivity contribution in [3.8, 4) is 0 Å². The third-order valence-corrected chi connectivity index (χ3v) is 3.76. The summed E-state index contributed by atoms with van der Waals surface area (Å²) in [5, 5.41) is 27.1. The van der Waals surface area contributed by atoms with Gasteiger partial charge in [-0.2, -0.15) is 0 Å². The topological polar surface area (TPSA) is 127 Å². The molecule has 1 heterocycles. The predicted molar refractivity (Wildman–Crippen MR) is 85.0 cm³/mol. The molecule has 1 rings (SSSR count). The van der Waals surface area contributed by atoms with Gasteiger partial charge in [-0.1, -0.05) is 10.3 Å². The van der Waals surface area contributed by atoms with Crippen LogP contribution in [0.15, 0.2) is 10.3 Å². The number of nitrogens with one attached hydrogen (secondary N) is 2. The zero-order chi connectivity index (χ0) is 16.9. The van der Waals surface area contributed by atoms with E-state index in [1.807, 2.05) is 0 Å². The van der Waals surface area contributed by atoms with Gasteiger partial charge in [0.05, 0.1) is 0 Å². The number of piperidine rings is 1. The lowest BCUT2D eigenvalue weighted by Crippen LogP contribution is -2.38. The first-order chi connectivity index (χ1) is 11.2. The average molecular weight is 327 g/mol. The normalized spacial score (nSPS) is 19.2. The van der Waals surface area contributed by atoms with Crippen LogP contribution in [0.3, 0.4) is 0 Å². The highest BCUT2D eigenvalue weighted by atomic mass is 16.4. The molecule has 4 N–H and O–H groups in total. The van der Waals surface area contributed by atoms with E-state index in [9.17, 15) is 9.59 Å². The number of carbonyl (C=O) groups excluding carboxylic acids is 2. The second-order valence-corrected chi connectivity index (χ2v) is 5.52. The van der Waals surface area contributed by atoms with E-state index in [4.69, 9.17) is 10.4 Å². The van der Waals surface area contributed by atoms with Gasteiger partial charge in [-0.05, 0) is 44.7 Å². The van der Waals surface area contributed by atoms with Crippen molar-refractivity contribution in [2.75, 3.05) is 32.7 Å². The van der Waals surface area contributed by atoms with Crippen LogP contribution in [0.25, 0.3) is 0 Å². The van der Waals surface area contributed by atoms with Gasteiger partial charge in [0.1, 0.15) is 12.4 Å². The second kappa shape index (κ2) is 11.4. The molecule has 9 heteroatoms. The van der Waals surface area contributed by atoms with E-state index < -0.39 is 5.91 Å². The molecule has 2 amide bonds. The standard InChI is InChI=1S/C14H25N5O4/c20-13(9-17-22)15-5-2-8-19-7-1-3-12(11-19)4-6-16-14(21)10-18-23/h9-10,12,22-23H,1-8,11H2,(H,15,20)(H,16,21)/b17-9+,18-10+/t12-/m1/s1. The van der Waals surface area contributed by atoms with Crippen molar-refractivity contribution in [2.24, 2.45) is 16.2 Å². The van der Waals surface area contributed by atoms with Crippen LogP contribution in [0.2, 0.25) is 0 Å². The Labute approximate surface area is 135 Å². The fraction of sp³-hybridized carbons (Fsp3) is 0.714. The number of amides is 2. The number of likely N-dealkylation sites (tertiary alicyclic amines) is 1. The van der Waals surface area contributed by atoms with Crippen LogP contribution in [0.4, 0.5) is 0 Å². The number of hydrogen-bond acceptors (Lipinski definition) is 7. The average Bonchev–Trinajstić information content (AvgIpc) is 2.53. The number of hydrogen-bond donors (Lipinski definition) is 4. The summed E-state index contributed by atoms with van der Waals surface area (Å²) in [6.45, 7) is 4.04. The summed E-state index contributed by atoms with van der Waals surface area (Å²) >= 11 is 0. The molecule has 0 aromatic heterocycles. The van der Waals surface area contributed by atoms with Gasteiger partial charge in [-0.3, -0.25) is 9.59 Å². The molecule has 0 bridgehead atoms. The molecule has 0 spiro atoms. The molecule has 0 aliphatic carbocycles. The first kappa shape index (κ1) is 18.9. The highest BCUT2D eigenvalue weighted by Crippen LogP contribution is 2.19. The summed E-state index contributed by atoms with van der Waals surface area (Å²) in [5.74, 6) is -0.250. The fourth-order valence-electron chi connectivity index (χ4n) is 2.70. The Morgan fingerprint density at radius 2 is 1.78 bits per heavy atom. The van der Waals surface area contributed by atoms with Gasteiger partial charge in [-0.15, -0.1) is 0 Å². The first-order valence-electron chi connectivity index (χ1n) is 7.78. The van der Waals surface area contributed by atoms with Gasteiger partial charge in [0.2, 0.25) is 0 Å². The van der Waals surface area contributed by atoms with E-state index in [0.717, 1.165) is 57.7 Å². The van der Waals surface area contributed by atoms with Crippen LogP contribution < -0.4 is 10.6 Å². The van der Waals surface area contributed by atoms with E-state index in [1.165, 1.54) is 0 Å². The number of oxime groups is 2. The molecule has 1 atom stereocenters. The number of nitrogens with zero attached hydrogens (tertiary/aromatic N) is 3. The summed E-state index contributed by atoms with van der Waals surface area (Å²) in [5.41, 5.74) is 0. The highest BCUT2D eigenvalue weighted by Gasteiger charge is 2.19. The van der Waals surface area contributed by atoms with Crippen molar-refractivity contribution in [1.29, 1.82) is 0 Å². The van der Waals surface area contributed by atoms with Crippen LogP contribution in [-0.4, -0.2) is 72.3 Å². The molecule has 1 fully saturated rings. The van der Waals surface area contributed by atoms with Gasteiger partial charge in [0, 0.05) is 19.6 Å². The summed E-state index contributed by atoms with van der Waals surface area (Å²) in [7, 11) is 0. The van der Waals surface area contributed by atoms with Crippen LogP contribution in [-0.2, 0) is 9.59 Å². The molecule has 0 radical (unpaired) electrons. The Morgan fingerprint density at radius 3 is 2.43 bits per heavy atom. The molecule has 0 aromatic carbocycles. The molecule has 1 aliphatic rings. The minimum atomic E-state index is -0.397. The minimum absolute atomic E-state index is 0.387. The van der Waals surface area contributed by atoms with E-state index in [1.54, 1.807) is 0 Å². The largest absolute Gasteiger partial charge is 0.411 e. The number of carbonyl (C=O) groups is 2. The minimum Gasteiger partial charge on any atom is -0.411 e. The third kappa shape index (κ3) is 8.77. The quantitative estimate of drug-likeness (QED) is 0.199. The SMILES string of the molecule is O=C(/C=N/O)NCCCN1CCC[C@H](CCNC(=O)/C=N/O)C1. The molecule has 0 unspecified atom stereocenters. The molecule has 0 saturated carbocycles. The zero-order valence-electron chi connectivity index (χ0n) is 13.1. The summed E-state index contributed by atoms with van der Waals surface area (Å²) in [6, 6.07) is 0. The predicted octanol–water partition coefficient (Wildman–Crippen LogP) is -0.369. The Balaban J connectivity index is 2.14. The van der Waals surface area contributed by atoms with Crippen LogP contribution >= 0.6 is 0 Å². The summed E-state index contributed by atoms with van der Waals surface area (Å²) < 4.78 is 0. The Bertz CT molecular complexity index is 427. The maximum absolute atomic E-state index is 11.1. The Morgan fingerprint density at radius 1 is 1.13 bits per heavy atom. The molecule has 9 nitrogen and oxygen atoms in total. The van der Waals surface area contributed by atoms with Gasteiger partial charge < -0.3 is 25.9 Å². The smallest absolute Gasteiger partial charge is 0.265 e. The molecule has 23 heavy (non-hydrogen) atoms.